The van der Waals surface area contributed by atoms with E-state index in [0.29, 0.717) is 19.4 Å². The van der Waals surface area contributed by atoms with Gasteiger partial charge in [0.2, 0.25) is 0 Å². The molecular formula is C16H25NO3. The lowest BCUT2D eigenvalue weighted by Gasteiger charge is -2.21. The third-order valence-electron chi connectivity index (χ3n) is 2.78. The molecule has 2 N–H and O–H groups in total. The van der Waals surface area contributed by atoms with Crippen molar-refractivity contribution in [2.75, 3.05) is 6.61 Å². The Morgan fingerprint density at radius 1 is 1.30 bits per heavy atom. The minimum Gasteiger partial charge on any atom is -0.460 e. The molecule has 0 saturated carbocycles. The van der Waals surface area contributed by atoms with E-state index >= 15 is 0 Å². The first-order valence-corrected chi connectivity index (χ1v) is 7.01. The Labute approximate surface area is 121 Å². The zero-order chi connectivity index (χ0) is 15.0. The summed E-state index contributed by atoms with van der Waals surface area (Å²) in [6.45, 7) is 6.24. The molecule has 0 bridgehead atoms. The van der Waals surface area contributed by atoms with Gasteiger partial charge in [-0.15, -0.1) is 0 Å². The van der Waals surface area contributed by atoms with Crippen molar-refractivity contribution in [2.45, 2.75) is 51.8 Å². The molecule has 0 saturated heterocycles. The predicted molar refractivity (Wildman–Crippen MR) is 79.2 cm³/mol. The van der Waals surface area contributed by atoms with Gasteiger partial charge in [0.1, 0.15) is 5.60 Å². The van der Waals surface area contributed by atoms with Crippen molar-refractivity contribution in [3.63, 3.8) is 0 Å². The Bertz CT molecular complexity index is 398. The molecule has 0 aliphatic rings. The zero-order valence-electron chi connectivity index (χ0n) is 12.6. The van der Waals surface area contributed by atoms with Gasteiger partial charge in [-0.2, -0.15) is 0 Å². The van der Waals surface area contributed by atoms with Crippen LogP contribution in [0.1, 0.15) is 39.2 Å². The highest BCUT2D eigenvalue weighted by molar-refractivity contribution is 5.69. The standard InChI is InChI=1S/C16H25NO3/c1-16(2,3)20-15(19)10-9-14(12-18)17-11-13-7-5-4-6-8-13/h4-8,14,17-18H,9-12H2,1-3H3. The molecule has 4 heteroatoms. The van der Waals surface area contributed by atoms with Crippen LogP contribution in [0.25, 0.3) is 0 Å². The van der Waals surface area contributed by atoms with E-state index in [-0.39, 0.29) is 18.6 Å². The minimum atomic E-state index is -0.455. The number of carbonyl (C=O) groups excluding carboxylic acids is 1. The van der Waals surface area contributed by atoms with E-state index in [1.54, 1.807) is 0 Å². The van der Waals surface area contributed by atoms with E-state index in [1.165, 1.54) is 0 Å². The fourth-order valence-electron chi connectivity index (χ4n) is 1.80. The highest BCUT2D eigenvalue weighted by atomic mass is 16.6. The number of hydrogen-bond donors (Lipinski definition) is 2. The van der Waals surface area contributed by atoms with Crippen LogP contribution in [0.15, 0.2) is 30.3 Å². The molecule has 20 heavy (non-hydrogen) atoms. The van der Waals surface area contributed by atoms with Gasteiger partial charge in [0, 0.05) is 19.0 Å². The van der Waals surface area contributed by atoms with E-state index in [4.69, 9.17) is 4.74 Å². The highest BCUT2D eigenvalue weighted by Crippen LogP contribution is 2.10. The SMILES string of the molecule is CC(C)(C)OC(=O)CCC(CO)NCc1ccccc1. The summed E-state index contributed by atoms with van der Waals surface area (Å²) in [4.78, 5) is 11.6. The first kappa shape index (κ1) is 16.7. The van der Waals surface area contributed by atoms with Crippen LogP contribution < -0.4 is 5.32 Å². The third-order valence-corrected chi connectivity index (χ3v) is 2.78. The number of benzene rings is 1. The number of esters is 1. The summed E-state index contributed by atoms with van der Waals surface area (Å²) in [5.41, 5.74) is 0.701. The summed E-state index contributed by atoms with van der Waals surface area (Å²) < 4.78 is 5.25. The number of nitrogens with one attached hydrogen (secondary N) is 1. The predicted octanol–water partition coefficient (Wildman–Crippen LogP) is 2.26. The maximum atomic E-state index is 11.6. The fraction of sp³-hybridized carbons (Fsp3) is 0.562. The molecule has 1 rings (SSSR count). The van der Waals surface area contributed by atoms with E-state index in [9.17, 15) is 9.90 Å². The van der Waals surface area contributed by atoms with Gasteiger partial charge in [0.05, 0.1) is 6.61 Å². The van der Waals surface area contributed by atoms with Crippen molar-refractivity contribution < 1.29 is 14.6 Å². The molecule has 0 amide bonds. The van der Waals surface area contributed by atoms with Gasteiger partial charge >= 0.3 is 5.97 Å². The maximum Gasteiger partial charge on any atom is 0.306 e. The summed E-state index contributed by atoms with van der Waals surface area (Å²) in [7, 11) is 0. The van der Waals surface area contributed by atoms with E-state index in [1.807, 2.05) is 51.1 Å². The second-order valence-corrected chi connectivity index (χ2v) is 5.87. The monoisotopic (exact) mass is 279 g/mol. The van der Waals surface area contributed by atoms with Gasteiger partial charge < -0.3 is 15.2 Å². The second-order valence-electron chi connectivity index (χ2n) is 5.87. The summed E-state index contributed by atoms with van der Waals surface area (Å²) in [6.07, 6.45) is 0.878. The van der Waals surface area contributed by atoms with Crippen LogP contribution in [0, 0.1) is 0 Å². The molecule has 1 atom stereocenters. The summed E-state index contributed by atoms with van der Waals surface area (Å²) in [5.74, 6) is -0.225. The summed E-state index contributed by atoms with van der Waals surface area (Å²) in [6, 6.07) is 9.88. The topological polar surface area (TPSA) is 58.6 Å². The first-order chi connectivity index (χ1) is 9.40. The minimum absolute atomic E-state index is 0.00955. The lowest BCUT2D eigenvalue weighted by Crippen LogP contribution is -2.33. The van der Waals surface area contributed by atoms with Crippen molar-refractivity contribution in [1.29, 1.82) is 0 Å². The van der Waals surface area contributed by atoms with Crippen LogP contribution in [0.4, 0.5) is 0 Å². The van der Waals surface area contributed by atoms with Crippen LogP contribution in [0.2, 0.25) is 0 Å². The van der Waals surface area contributed by atoms with Crippen LogP contribution in [0.5, 0.6) is 0 Å². The second kappa shape index (κ2) is 8.02. The number of carbonyl (C=O) groups is 1. The van der Waals surface area contributed by atoms with Crippen LogP contribution in [-0.4, -0.2) is 29.3 Å². The normalized spacial score (nSPS) is 13.0. The van der Waals surface area contributed by atoms with Crippen molar-refractivity contribution >= 4 is 5.97 Å². The number of aliphatic hydroxyl groups excluding tert-OH is 1. The Morgan fingerprint density at radius 3 is 2.50 bits per heavy atom. The molecule has 1 unspecified atom stereocenters. The van der Waals surface area contributed by atoms with E-state index in [2.05, 4.69) is 5.32 Å². The van der Waals surface area contributed by atoms with Gasteiger partial charge in [0.15, 0.2) is 0 Å². The molecule has 0 aliphatic carbocycles. The molecule has 0 spiro atoms. The molecule has 0 heterocycles. The highest BCUT2D eigenvalue weighted by Gasteiger charge is 2.17. The average molecular weight is 279 g/mol. The molecule has 0 fully saturated rings. The largest absolute Gasteiger partial charge is 0.460 e. The maximum absolute atomic E-state index is 11.6. The van der Waals surface area contributed by atoms with Gasteiger partial charge in [-0.1, -0.05) is 30.3 Å². The number of rotatable bonds is 7. The number of aliphatic hydroxyl groups is 1. The van der Waals surface area contributed by atoms with Gasteiger partial charge in [-0.25, -0.2) is 0 Å². The van der Waals surface area contributed by atoms with E-state index in [0.717, 1.165) is 5.56 Å². The zero-order valence-corrected chi connectivity index (χ0v) is 12.6. The summed E-state index contributed by atoms with van der Waals surface area (Å²) in [5, 5.41) is 12.6. The van der Waals surface area contributed by atoms with Crippen molar-refractivity contribution in [1.82, 2.24) is 5.32 Å². The molecule has 1 aromatic carbocycles. The lowest BCUT2D eigenvalue weighted by atomic mass is 10.1. The van der Waals surface area contributed by atoms with Crippen molar-refractivity contribution in [3.8, 4) is 0 Å². The Morgan fingerprint density at radius 2 is 1.95 bits per heavy atom. The lowest BCUT2D eigenvalue weighted by molar-refractivity contribution is -0.155. The molecule has 0 aliphatic heterocycles. The Kier molecular flexibility index (Phi) is 6.68. The van der Waals surface area contributed by atoms with Gasteiger partial charge in [-0.05, 0) is 32.8 Å². The number of hydrogen-bond acceptors (Lipinski definition) is 4. The van der Waals surface area contributed by atoms with Gasteiger partial charge in [0.25, 0.3) is 0 Å². The Hall–Kier alpha value is -1.39. The molecular weight excluding hydrogens is 254 g/mol. The summed E-state index contributed by atoms with van der Waals surface area (Å²) >= 11 is 0. The fourth-order valence-corrected chi connectivity index (χ4v) is 1.80. The van der Waals surface area contributed by atoms with E-state index < -0.39 is 5.60 Å². The first-order valence-electron chi connectivity index (χ1n) is 7.01. The van der Waals surface area contributed by atoms with Crippen LogP contribution in [0.3, 0.4) is 0 Å². The molecule has 0 aromatic heterocycles. The van der Waals surface area contributed by atoms with Gasteiger partial charge in [-0.3, -0.25) is 4.79 Å². The average Bonchev–Trinajstić information content (AvgIpc) is 2.38. The molecule has 112 valence electrons. The molecule has 1 aromatic rings. The van der Waals surface area contributed by atoms with Crippen molar-refractivity contribution in [3.05, 3.63) is 35.9 Å². The van der Waals surface area contributed by atoms with Crippen molar-refractivity contribution in [2.24, 2.45) is 0 Å². The molecule has 0 radical (unpaired) electrons. The van der Waals surface area contributed by atoms with Crippen LogP contribution >= 0.6 is 0 Å². The quantitative estimate of drug-likeness (QED) is 0.752. The molecule has 4 nitrogen and oxygen atoms in total. The van der Waals surface area contributed by atoms with Crippen LogP contribution in [-0.2, 0) is 16.1 Å². The smallest absolute Gasteiger partial charge is 0.306 e. The Balaban J connectivity index is 2.31. The number of ether oxygens (including phenoxy) is 1. The third kappa shape index (κ3) is 7.26.